The van der Waals surface area contributed by atoms with Gasteiger partial charge < -0.3 is 10.2 Å². The molecule has 1 N–H and O–H groups in total. The highest BCUT2D eigenvalue weighted by Gasteiger charge is 2.28. The summed E-state index contributed by atoms with van der Waals surface area (Å²) in [6.07, 6.45) is 1.41. The fourth-order valence-corrected chi connectivity index (χ4v) is 4.44. The number of benzene rings is 2. The van der Waals surface area contributed by atoms with Crippen molar-refractivity contribution >= 4 is 46.8 Å². The number of nitrogens with one attached hydrogen (secondary N) is 1. The Labute approximate surface area is 199 Å². The van der Waals surface area contributed by atoms with Crippen LogP contribution in [0.4, 0.5) is 0 Å². The fourth-order valence-electron chi connectivity index (χ4n) is 3.26. The normalized spacial score (nSPS) is 11.8. The number of carbonyl (C=O) groups excluding carboxylic acids is 2. The molecule has 1 atom stereocenters. The largest absolute Gasteiger partial charge is 0.354 e. The number of thioether (sulfide) groups is 1. The van der Waals surface area contributed by atoms with Gasteiger partial charge in [-0.3, -0.25) is 9.59 Å². The van der Waals surface area contributed by atoms with Crippen LogP contribution in [-0.2, 0) is 21.9 Å². The van der Waals surface area contributed by atoms with E-state index in [0.29, 0.717) is 35.3 Å². The molecule has 168 valence electrons. The number of halogens is 2. The van der Waals surface area contributed by atoms with Crippen LogP contribution in [0.5, 0.6) is 0 Å². The molecule has 0 heterocycles. The average Bonchev–Trinajstić information content (AvgIpc) is 2.74. The van der Waals surface area contributed by atoms with Crippen molar-refractivity contribution < 1.29 is 9.59 Å². The Morgan fingerprint density at radius 1 is 1.06 bits per heavy atom. The molecular weight excluding hydrogens is 451 g/mol. The molecule has 0 aliphatic heterocycles. The lowest BCUT2D eigenvalue weighted by atomic mass is 10.1. The summed E-state index contributed by atoms with van der Waals surface area (Å²) in [6.45, 7) is 6.99. The summed E-state index contributed by atoms with van der Waals surface area (Å²) in [6, 6.07) is 13.0. The molecular formula is C24H30Cl2N2O2S. The van der Waals surface area contributed by atoms with Crippen LogP contribution in [0, 0.1) is 6.92 Å². The predicted octanol–water partition coefficient (Wildman–Crippen LogP) is 5.87. The van der Waals surface area contributed by atoms with Crippen LogP contribution in [-0.4, -0.2) is 35.1 Å². The summed E-state index contributed by atoms with van der Waals surface area (Å²) in [5.41, 5.74) is 3.15. The number of rotatable bonds is 11. The second-order valence-electron chi connectivity index (χ2n) is 7.47. The minimum Gasteiger partial charge on any atom is -0.354 e. The first kappa shape index (κ1) is 25.6. The van der Waals surface area contributed by atoms with Crippen molar-refractivity contribution in [3.63, 3.8) is 0 Å². The van der Waals surface area contributed by atoms with Gasteiger partial charge in [-0.2, -0.15) is 0 Å². The lowest BCUT2D eigenvalue weighted by Gasteiger charge is -2.30. The summed E-state index contributed by atoms with van der Waals surface area (Å²) in [4.78, 5) is 27.7. The van der Waals surface area contributed by atoms with Gasteiger partial charge in [0.2, 0.25) is 11.8 Å². The lowest BCUT2D eigenvalue weighted by Crippen LogP contribution is -2.49. The molecule has 2 amide bonds. The van der Waals surface area contributed by atoms with Crippen molar-refractivity contribution in [1.82, 2.24) is 10.2 Å². The third-order valence-corrected chi connectivity index (χ3v) is 6.58. The minimum atomic E-state index is -0.495. The van der Waals surface area contributed by atoms with Gasteiger partial charge in [0.25, 0.3) is 0 Å². The molecule has 2 aromatic rings. The molecule has 4 nitrogen and oxygen atoms in total. The highest BCUT2D eigenvalue weighted by molar-refractivity contribution is 7.99. The van der Waals surface area contributed by atoms with Crippen LogP contribution in [0.15, 0.2) is 42.5 Å². The summed E-state index contributed by atoms with van der Waals surface area (Å²) >= 11 is 13.6. The summed E-state index contributed by atoms with van der Waals surface area (Å²) in [5.74, 6) is 0.772. The Morgan fingerprint density at radius 3 is 2.48 bits per heavy atom. The van der Waals surface area contributed by atoms with E-state index >= 15 is 0 Å². The maximum absolute atomic E-state index is 13.2. The van der Waals surface area contributed by atoms with E-state index in [4.69, 9.17) is 23.2 Å². The second-order valence-corrected chi connectivity index (χ2v) is 9.27. The highest BCUT2D eigenvalue weighted by Crippen LogP contribution is 2.25. The number of hydrogen-bond acceptors (Lipinski definition) is 3. The monoisotopic (exact) mass is 480 g/mol. The van der Waals surface area contributed by atoms with E-state index in [1.807, 2.05) is 51.1 Å². The van der Waals surface area contributed by atoms with Crippen LogP contribution in [0.3, 0.4) is 0 Å². The molecule has 0 saturated heterocycles. The molecule has 0 aromatic heterocycles. The number of nitrogens with zero attached hydrogens (tertiary/aromatic N) is 1. The van der Waals surface area contributed by atoms with Crippen molar-refractivity contribution in [3.05, 3.63) is 69.2 Å². The molecule has 0 spiro atoms. The zero-order chi connectivity index (χ0) is 22.8. The third-order valence-electron chi connectivity index (χ3n) is 4.85. The first-order valence-electron chi connectivity index (χ1n) is 10.5. The van der Waals surface area contributed by atoms with Crippen LogP contribution >= 0.6 is 35.0 Å². The average molecular weight is 481 g/mol. The number of aryl methyl sites for hydroxylation is 1. The Morgan fingerprint density at radius 2 is 1.84 bits per heavy atom. The summed E-state index contributed by atoms with van der Waals surface area (Å²) in [5, 5.41) is 3.96. The van der Waals surface area contributed by atoms with Gasteiger partial charge in [0.15, 0.2) is 0 Å². The van der Waals surface area contributed by atoms with Gasteiger partial charge in [0.1, 0.15) is 6.04 Å². The van der Waals surface area contributed by atoms with Gasteiger partial charge in [-0.25, -0.2) is 0 Å². The quantitative estimate of drug-likeness (QED) is 0.437. The van der Waals surface area contributed by atoms with Crippen LogP contribution in [0.25, 0.3) is 0 Å². The van der Waals surface area contributed by atoms with E-state index in [0.717, 1.165) is 23.1 Å². The number of hydrogen-bond donors (Lipinski definition) is 1. The zero-order valence-electron chi connectivity index (χ0n) is 18.3. The molecule has 31 heavy (non-hydrogen) atoms. The highest BCUT2D eigenvalue weighted by atomic mass is 35.5. The first-order valence-corrected chi connectivity index (χ1v) is 12.4. The van der Waals surface area contributed by atoms with Crippen molar-refractivity contribution in [2.75, 3.05) is 12.3 Å². The molecule has 0 radical (unpaired) electrons. The van der Waals surface area contributed by atoms with Crippen LogP contribution in [0.2, 0.25) is 10.0 Å². The van der Waals surface area contributed by atoms with Crippen molar-refractivity contribution in [2.24, 2.45) is 0 Å². The lowest BCUT2D eigenvalue weighted by molar-refractivity contribution is -0.139. The smallest absolute Gasteiger partial charge is 0.242 e. The fraction of sp³-hybridized carbons (Fsp3) is 0.417. The van der Waals surface area contributed by atoms with E-state index in [-0.39, 0.29) is 17.6 Å². The molecule has 0 fully saturated rings. The summed E-state index contributed by atoms with van der Waals surface area (Å²) < 4.78 is 0. The van der Waals surface area contributed by atoms with Crippen LogP contribution in [0.1, 0.15) is 43.4 Å². The van der Waals surface area contributed by atoms with E-state index in [1.54, 1.807) is 11.0 Å². The van der Waals surface area contributed by atoms with Gasteiger partial charge in [-0.15, -0.1) is 11.8 Å². The molecule has 7 heteroatoms. The van der Waals surface area contributed by atoms with Gasteiger partial charge in [0, 0.05) is 18.8 Å². The molecule has 1 unspecified atom stereocenters. The van der Waals surface area contributed by atoms with Gasteiger partial charge in [0.05, 0.1) is 15.8 Å². The topological polar surface area (TPSA) is 49.4 Å². The maximum Gasteiger partial charge on any atom is 0.242 e. The van der Waals surface area contributed by atoms with E-state index in [2.05, 4.69) is 11.4 Å². The standard InChI is InChI=1S/C24H30Cl2N2O2S/c1-4-11-27-24(30)22(5-2)28(14-18-8-6-7-17(3)12-18)23(29)16-31-15-19-9-10-20(25)21(26)13-19/h6-10,12-13,22H,4-5,11,14-16H2,1-3H3,(H,27,30). The van der Waals surface area contributed by atoms with E-state index < -0.39 is 6.04 Å². The number of amides is 2. The first-order chi connectivity index (χ1) is 14.8. The van der Waals surface area contributed by atoms with Crippen LogP contribution < -0.4 is 5.32 Å². The maximum atomic E-state index is 13.2. The SMILES string of the molecule is CCCNC(=O)C(CC)N(Cc1cccc(C)c1)C(=O)CSCc1ccc(Cl)c(Cl)c1. The molecule has 0 bridgehead atoms. The predicted molar refractivity (Wildman–Crippen MR) is 132 cm³/mol. The van der Waals surface area contributed by atoms with Gasteiger partial charge in [-0.05, 0) is 43.0 Å². The molecule has 0 aliphatic rings. The van der Waals surface area contributed by atoms with Gasteiger partial charge in [-0.1, -0.05) is 72.9 Å². The third kappa shape index (κ3) is 8.06. The molecule has 2 rings (SSSR count). The van der Waals surface area contributed by atoms with E-state index in [1.165, 1.54) is 11.8 Å². The molecule has 0 saturated carbocycles. The Hall–Kier alpha value is -1.69. The minimum absolute atomic E-state index is 0.0509. The van der Waals surface area contributed by atoms with Crippen molar-refractivity contribution in [3.8, 4) is 0 Å². The second kappa shape index (κ2) is 13.0. The van der Waals surface area contributed by atoms with Crippen molar-refractivity contribution in [2.45, 2.75) is 52.0 Å². The van der Waals surface area contributed by atoms with Gasteiger partial charge >= 0.3 is 0 Å². The summed E-state index contributed by atoms with van der Waals surface area (Å²) in [7, 11) is 0. The Balaban J connectivity index is 2.11. The van der Waals surface area contributed by atoms with Crippen molar-refractivity contribution in [1.29, 1.82) is 0 Å². The van der Waals surface area contributed by atoms with E-state index in [9.17, 15) is 9.59 Å². The molecule has 2 aromatic carbocycles. The number of carbonyl (C=O) groups is 2. The Bertz CT molecular complexity index is 892. The zero-order valence-corrected chi connectivity index (χ0v) is 20.6. The Kier molecular flexibility index (Phi) is 10.7. The molecule has 0 aliphatic carbocycles.